The van der Waals surface area contributed by atoms with Crippen LogP contribution in [0.3, 0.4) is 0 Å². The van der Waals surface area contributed by atoms with E-state index in [1.807, 2.05) is 0 Å². The van der Waals surface area contributed by atoms with Crippen LogP contribution in [-0.2, 0) is 0 Å². The van der Waals surface area contributed by atoms with E-state index in [1.54, 1.807) is 0 Å². The predicted molar refractivity (Wildman–Crippen MR) is 40.2 cm³/mol. The first-order valence-corrected chi connectivity index (χ1v) is 3.91. The van der Waals surface area contributed by atoms with Gasteiger partial charge in [-0.15, -0.1) is 11.6 Å². The van der Waals surface area contributed by atoms with E-state index in [9.17, 15) is 8.78 Å². The fourth-order valence-electron chi connectivity index (χ4n) is 0.751. The molecule has 0 aliphatic heterocycles. The molecule has 1 N–H and O–H groups in total. The molecule has 5 heteroatoms. The Morgan fingerprint density at radius 1 is 1.36 bits per heavy atom. The number of halogens is 3. The van der Waals surface area contributed by atoms with E-state index in [-0.39, 0.29) is 19.7 Å². The quantitative estimate of drug-likeness (QED) is 0.622. The lowest BCUT2D eigenvalue weighted by Crippen LogP contribution is -2.33. The highest BCUT2D eigenvalue weighted by atomic mass is 35.5. The first kappa shape index (κ1) is 11.1. The molecule has 0 aliphatic carbocycles. The van der Waals surface area contributed by atoms with Crippen molar-refractivity contribution in [1.82, 2.24) is 4.90 Å². The van der Waals surface area contributed by atoms with E-state index in [0.717, 1.165) is 0 Å². The summed E-state index contributed by atoms with van der Waals surface area (Å²) in [6.45, 7) is 0.237. The average molecular weight is 188 g/mol. The highest BCUT2D eigenvalue weighted by Gasteiger charge is 2.09. The van der Waals surface area contributed by atoms with E-state index in [4.69, 9.17) is 16.7 Å². The Morgan fingerprint density at radius 2 is 2.00 bits per heavy atom. The van der Waals surface area contributed by atoms with Crippen LogP contribution in [-0.4, -0.2) is 48.6 Å². The molecule has 0 aromatic heterocycles. The van der Waals surface area contributed by atoms with Gasteiger partial charge in [-0.2, -0.15) is 0 Å². The molecular formula is C6H12ClF2NO. The molecule has 0 amide bonds. The fraction of sp³-hybridized carbons (Fsp3) is 1.00. The van der Waals surface area contributed by atoms with Crippen molar-refractivity contribution in [2.45, 2.75) is 6.43 Å². The Bertz CT molecular complexity index is 88.7. The van der Waals surface area contributed by atoms with Crippen molar-refractivity contribution in [1.29, 1.82) is 0 Å². The van der Waals surface area contributed by atoms with Crippen LogP contribution in [0, 0.1) is 0 Å². The maximum Gasteiger partial charge on any atom is 0.251 e. The summed E-state index contributed by atoms with van der Waals surface area (Å²) in [5, 5.41) is 8.45. The summed E-state index contributed by atoms with van der Waals surface area (Å²) in [4.78, 5) is 1.43. The molecule has 0 spiro atoms. The minimum atomic E-state index is -2.36. The van der Waals surface area contributed by atoms with Gasteiger partial charge in [0.1, 0.15) is 0 Å². The number of nitrogens with zero attached hydrogens (tertiary/aromatic N) is 1. The minimum absolute atomic E-state index is 0.108. The van der Waals surface area contributed by atoms with Crippen molar-refractivity contribution in [3.05, 3.63) is 0 Å². The van der Waals surface area contributed by atoms with Gasteiger partial charge < -0.3 is 5.11 Å². The van der Waals surface area contributed by atoms with Gasteiger partial charge in [-0.25, -0.2) is 8.78 Å². The second kappa shape index (κ2) is 6.76. The molecule has 0 unspecified atom stereocenters. The summed E-state index contributed by atoms with van der Waals surface area (Å²) < 4.78 is 23.5. The number of hydrogen-bond donors (Lipinski definition) is 1. The van der Waals surface area contributed by atoms with Gasteiger partial charge in [0.15, 0.2) is 0 Å². The SMILES string of the molecule is OCCN(CCCl)CC(F)F. The van der Waals surface area contributed by atoms with E-state index in [0.29, 0.717) is 12.4 Å². The third-order valence-corrected chi connectivity index (χ3v) is 1.38. The zero-order chi connectivity index (χ0) is 8.69. The summed E-state index contributed by atoms with van der Waals surface area (Å²) in [5.41, 5.74) is 0. The van der Waals surface area contributed by atoms with Crippen LogP contribution >= 0.6 is 11.6 Å². The Labute approximate surface area is 69.8 Å². The number of aliphatic hydroxyl groups is 1. The van der Waals surface area contributed by atoms with Gasteiger partial charge in [0, 0.05) is 19.0 Å². The Morgan fingerprint density at radius 3 is 2.36 bits per heavy atom. The van der Waals surface area contributed by atoms with Gasteiger partial charge in [-0.1, -0.05) is 0 Å². The Balaban J connectivity index is 3.50. The summed E-state index contributed by atoms with van der Waals surface area (Å²) >= 11 is 5.35. The van der Waals surface area contributed by atoms with Gasteiger partial charge >= 0.3 is 0 Å². The number of rotatable bonds is 6. The standard InChI is InChI=1S/C6H12ClF2NO/c7-1-2-10(3-4-11)5-6(8)9/h6,11H,1-5H2. The van der Waals surface area contributed by atoms with E-state index in [1.165, 1.54) is 4.90 Å². The van der Waals surface area contributed by atoms with Gasteiger partial charge in [0.05, 0.1) is 13.2 Å². The zero-order valence-electron chi connectivity index (χ0n) is 6.14. The lowest BCUT2D eigenvalue weighted by molar-refractivity contribution is 0.0816. The fourth-order valence-corrected chi connectivity index (χ4v) is 0.990. The minimum Gasteiger partial charge on any atom is -0.395 e. The molecule has 11 heavy (non-hydrogen) atoms. The average Bonchev–Trinajstić information content (AvgIpc) is 1.87. The Kier molecular flexibility index (Phi) is 6.80. The zero-order valence-corrected chi connectivity index (χ0v) is 6.90. The molecule has 0 heterocycles. The lowest BCUT2D eigenvalue weighted by atomic mass is 10.5. The smallest absolute Gasteiger partial charge is 0.251 e. The second-order valence-electron chi connectivity index (χ2n) is 2.10. The number of alkyl halides is 3. The topological polar surface area (TPSA) is 23.5 Å². The van der Waals surface area contributed by atoms with Crippen molar-refractivity contribution in [2.24, 2.45) is 0 Å². The largest absolute Gasteiger partial charge is 0.395 e. The summed E-state index contributed by atoms with van der Waals surface area (Å²) in [7, 11) is 0. The highest BCUT2D eigenvalue weighted by molar-refractivity contribution is 6.18. The van der Waals surface area contributed by atoms with E-state index < -0.39 is 6.43 Å². The first-order chi connectivity index (χ1) is 5.20. The van der Waals surface area contributed by atoms with Gasteiger partial charge in [-0.05, 0) is 0 Å². The van der Waals surface area contributed by atoms with Crippen molar-refractivity contribution < 1.29 is 13.9 Å². The van der Waals surface area contributed by atoms with Gasteiger partial charge in [-0.3, -0.25) is 4.90 Å². The van der Waals surface area contributed by atoms with Crippen LogP contribution in [0.15, 0.2) is 0 Å². The summed E-state index contributed by atoms with van der Waals surface area (Å²) in [6.07, 6.45) is -2.36. The summed E-state index contributed by atoms with van der Waals surface area (Å²) in [6, 6.07) is 0. The molecule has 0 fully saturated rings. The molecule has 0 saturated carbocycles. The van der Waals surface area contributed by atoms with Crippen LogP contribution in [0.25, 0.3) is 0 Å². The number of aliphatic hydroxyl groups excluding tert-OH is 1. The third-order valence-electron chi connectivity index (χ3n) is 1.21. The van der Waals surface area contributed by atoms with Crippen molar-refractivity contribution in [3.63, 3.8) is 0 Å². The first-order valence-electron chi connectivity index (χ1n) is 3.38. The second-order valence-corrected chi connectivity index (χ2v) is 2.48. The van der Waals surface area contributed by atoms with Gasteiger partial charge in [0.2, 0.25) is 0 Å². The van der Waals surface area contributed by atoms with Crippen LogP contribution in [0.5, 0.6) is 0 Å². The molecule has 2 nitrogen and oxygen atoms in total. The maximum absolute atomic E-state index is 11.8. The van der Waals surface area contributed by atoms with Crippen LogP contribution in [0.4, 0.5) is 8.78 Å². The molecule has 0 rings (SSSR count). The molecule has 0 atom stereocenters. The highest BCUT2D eigenvalue weighted by Crippen LogP contribution is 1.97. The molecule has 68 valence electrons. The van der Waals surface area contributed by atoms with Gasteiger partial charge in [0.25, 0.3) is 6.43 Å². The van der Waals surface area contributed by atoms with Crippen molar-refractivity contribution >= 4 is 11.6 Å². The number of hydrogen-bond acceptors (Lipinski definition) is 2. The molecule has 0 aromatic rings. The molecular weight excluding hydrogens is 176 g/mol. The van der Waals surface area contributed by atoms with Crippen molar-refractivity contribution in [2.75, 3.05) is 32.1 Å². The monoisotopic (exact) mass is 187 g/mol. The Hall–Kier alpha value is 0.0700. The van der Waals surface area contributed by atoms with E-state index >= 15 is 0 Å². The van der Waals surface area contributed by atoms with Crippen molar-refractivity contribution in [3.8, 4) is 0 Å². The summed E-state index contributed by atoms with van der Waals surface area (Å²) in [5.74, 6) is 0.312. The third kappa shape index (κ3) is 6.47. The normalized spacial score (nSPS) is 11.5. The molecule has 0 aromatic carbocycles. The molecule has 0 aliphatic rings. The molecule has 0 saturated heterocycles. The van der Waals surface area contributed by atoms with Crippen LogP contribution in [0.1, 0.15) is 0 Å². The molecule has 0 radical (unpaired) electrons. The van der Waals surface area contributed by atoms with Crippen LogP contribution < -0.4 is 0 Å². The maximum atomic E-state index is 11.8. The lowest BCUT2D eigenvalue weighted by Gasteiger charge is -2.18. The predicted octanol–water partition coefficient (Wildman–Crippen LogP) is 0.785. The molecule has 0 bridgehead atoms. The van der Waals surface area contributed by atoms with Crippen LogP contribution in [0.2, 0.25) is 0 Å². The van der Waals surface area contributed by atoms with E-state index in [2.05, 4.69) is 0 Å².